The molecule has 1 unspecified atom stereocenters. The van der Waals surface area contributed by atoms with Gasteiger partial charge in [0.1, 0.15) is 16.1 Å². The normalized spacial score (nSPS) is 27.2. The number of fused-ring (bicyclic) bond motifs is 6. The molecular weight excluding hydrogens is 432 g/mol. The average Bonchev–Trinajstić information content (AvgIpc) is 3.23. The van der Waals surface area contributed by atoms with E-state index in [4.69, 9.17) is 9.72 Å². The summed E-state index contributed by atoms with van der Waals surface area (Å²) in [6.07, 6.45) is 2.01. The molecule has 2 aromatic rings. The number of morpholine rings is 1. The Morgan fingerprint density at radius 3 is 2.68 bits per heavy atom. The maximum Gasteiger partial charge on any atom is 0.265 e. The summed E-state index contributed by atoms with van der Waals surface area (Å²) in [7, 11) is 0. The van der Waals surface area contributed by atoms with Gasteiger partial charge in [-0.15, -0.1) is 23.1 Å². The first-order valence-corrected chi connectivity index (χ1v) is 12.7. The number of aromatic nitrogens is 1. The second kappa shape index (κ2) is 6.59. The molecule has 2 fully saturated rings. The fourth-order valence-corrected chi connectivity index (χ4v) is 7.56. The molecule has 6 rings (SSSR count). The Kier molecular flexibility index (Phi) is 4.21. The predicted molar refractivity (Wildman–Crippen MR) is 124 cm³/mol. The number of rotatable bonds is 1. The van der Waals surface area contributed by atoms with Gasteiger partial charge < -0.3 is 15.0 Å². The highest BCUT2D eigenvalue weighted by Crippen LogP contribution is 2.52. The first-order chi connectivity index (χ1) is 14.8. The molecule has 6 heterocycles. The topological polar surface area (TPSA) is 74.8 Å². The summed E-state index contributed by atoms with van der Waals surface area (Å²) < 4.78 is 6.80. The standard InChI is InChI=1S/C22H26N4O3S2/c1-21(2)10-12-13(11-30-21)23-15-17-19(20(28)24-22(3)5-4-14(27)26(17)22)31-18(15)16(12)25-6-8-29-9-7-25/h4-11H2,1-3H3,(H,24,28). The lowest BCUT2D eigenvalue weighted by molar-refractivity contribution is -0.117. The van der Waals surface area contributed by atoms with Gasteiger partial charge in [-0.2, -0.15) is 0 Å². The van der Waals surface area contributed by atoms with Crippen molar-refractivity contribution in [3.8, 4) is 0 Å². The third-order valence-electron chi connectivity index (χ3n) is 6.87. The van der Waals surface area contributed by atoms with Gasteiger partial charge in [0.05, 0.1) is 35.0 Å². The van der Waals surface area contributed by atoms with Gasteiger partial charge in [0.15, 0.2) is 0 Å². The summed E-state index contributed by atoms with van der Waals surface area (Å²) in [5.74, 6) is 0.816. The van der Waals surface area contributed by atoms with Crippen molar-refractivity contribution in [2.75, 3.05) is 36.1 Å². The molecule has 7 nitrogen and oxygen atoms in total. The van der Waals surface area contributed by atoms with Crippen molar-refractivity contribution >= 4 is 56.5 Å². The second-order valence-electron chi connectivity index (χ2n) is 9.62. The molecule has 2 amide bonds. The van der Waals surface area contributed by atoms with Gasteiger partial charge >= 0.3 is 0 Å². The Morgan fingerprint density at radius 2 is 1.90 bits per heavy atom. The summed E-state index contributed by atoms with van der Waals surface area (Å²) in [6, 6.07) is 0. The summed E-state index contributed by atoms with van der Waals surface area (Å²) in [6.45, 7) is 9.57. The first kappa shape index (κ1) is 19.8. The van der Waals surface area contributed by atoms with Crippen molar-refractivity contribution in [2.45, 2.75) is 56.2 Å². The van der Waals surface area contributed by atoms with Crippen molar-refractivity contribution < 1.29 is 14.3 Å². The Morgan fingerprint density at radius 1 is 1.13 bits per heavy atom. The van der Waals surface area contributed by atoms with Crippen LogP contribution in [-0.4, -0.2) is 53.5 Å². The van der Waals surface area contributed by atoms with Crippen LogP contribution in [0.4, 0.5) is 11.4 Å². The number of carbonyl (C=O) groups is 2. The van der Waals surface area contributed by atoms with Crippen molar-refractivity contribution in [1.82, 2.24) is 10.3 Å². The molecule has 2 saturated heterocycles. The number of ether oxygens (including phenoxy) is 1. The third kappa shape index (κ3) is 2.85. The van der Waals surface area contributed by atoms with Gasteiger partial charge in [-0.25, -0.2) is 4.98 Å². The molecule has 0 aromatic carbocycles. The highest BCUT2D eigenvalue weighted by molar-refractivity contribution is 7.99. The number of nitrogens with one attached hydrogen (secondary N) is 1. The molecular formula is C22H26N4O3S2. The lowest BCUT2D eigenvalue weighted by atomic mass is 9.97. The van der Waals surface area contributed by atoms with E-state index >= 15 is 0 Å². The lowest BCUT2D eigenvalue weighted by Gasteiger charge is -2.39. The minimum atomic E-state index is -0.664. The van der Waals surface area contributed by atoms with Crippen LogP contribution in [0.1, 0.15) is 54.5 Å². The Bertz CT molecular complexity index is 1140. The van der Waals surface area contributed by atoms with Gasteiger partial charge in [-0.3, -0.25) is 14.5 Å². The molecule has 31 heavy (non-hydrogen) atoms. The highest BCUT2D eigenvalue weighted by Gasteiger charge is 2.50. The van der Waals surface area contributed by atoms with E-state index < -0.39 is 5.66 Å². The lowest BCUT2D eigenvalue weighted by Crippen LogP contribution is -2.59. The number of hydrogen-bond acceptors (Lipinski definition) is 7. The largest absolute Gasteiger partial charge is 0.378 e. The number of anilines is 2. The number of nitrogens with zero attached hydrogens (tertiary/aromatic N) is 3. The fourth-order valence-electron chi connectivity index (χ4n) is 5.32. The number of carbonyl (C=O) groups excluding carboxylic acids is 2. The zero-order chi connectivity index (χ0) is 21.5. The maximum atomic E-state index is 13.1. The number of hydrogen-bond donors (Lipinski definition) is 1. The summed E-state index contributed by atoms with van der Waals surface area (Å²) in [5.41, 5.74) is 4.48. The molecule has 0 bridgehead atoms. The Balaban J connectivity index is 1.65. The Hall–Kier alpha value is -1.84. The number of amides is 2. The van der Waals surface area contributed by atoms with E-state index in [0.29, 0.717) is 30.9 Å². The van der Waals surface area contributed by atoms with Crippen LogP contribution < -0.4 is 15.1 Å². The molecule has 1 atom stereocenters. The third-order valence-corrected chi connectivity index (χ3v) is 9.38. The van der Waals surface area contributed by atoms with Crippen LogP contribution in [0.3, 0.4) is 0 Å². The molecule has 4 aliphatic heterocycles. The second-order valence-corrected chi connectivity index (χ2v) is 12.3. The zero-order valence-corrected chi connectivity index (χ0v) is 19.7. The van der Waals surface area contributed by atoms with Gasteiger partial charge in [-0.05, 0) is 19.8 Å². The Labute approximate surface area is 189 Å². The zero-order valence-electron chi connectivity index (χ0n) is 18.0. The van der Waals surface area contributed by atoms with E-state index in [1.807, 2.05) is 23.6 Å². The van der Waals surface area contributed by atoms with E-state index in [-0.39, 0.29) is 16.6 Å². The van der Waals surface area contributed by atoms with E-state index in [1.54, 1.807) is 0 Å². The molecule has 0 aliphatic carbocycles. The van der Waals surface area contributed by atoms with Crippen molar-refractivity contribution in [2.24, 2.45) is 0 Å². The van der Waals surface area contributed by atoms with Crippen LogP contribution in [0.5, 0.6) is 0 Å². The van der Waals surface area contributed by atoms with Gasteiger partial charge in [0.2, 0.25) is 5.91 Å². The number of thioether (sulfide) groups is 1. The van der Waals surface area contributed by atoms with Crippen molar-refractivity contribution in [3.05, 3.63) is 16.1 Å². The number of thiophene rings is 1. The maximum absolute atomic E-state index is 13.1. The summed E-state index contributed by atoms with van der Waals surface area (Å²) in [4.78, 5) is 36.0. The highest BCUT2D eigenvalue weighted by atomic mass is 32.2. The number of pyridine rings is 1. The molecule has 164 valence electrons. The van der Waals surface area contributed by atoms with Crippen LogP contribution in [-0.2, 0) is 21.7 Å². The molecule has 0 saturated carbocycles. The van der Waals surface area contributed by atoms with E-state index in [0.717, 1.165) is 46.9 Å². The van der Waals surface area contributed by atoms with Gasteiger partial charge in [0, 0.05) is 35.6 Å². The first-order valence-electron chi connectivity index (χ1n) is 10.9. The van der Waals surface area contributed by atoms with E-state index in [9.17, 15) is 9.59 Å². The van der Waals surface area contributed by atoms with Gasteiger partial charge in [-0.1, -0.05) is 13.8 Å². The molecule has 2 aromatic heterocycles. The van der Waals surface area contributed by atoms with E-state index in [1.165, 1.54) is 22.6 Å². The SMILES string of the molecule is CC1(C)Cc2c(nc3c4c(sc3c2N2CCOCC2)C(=O)NC2(C)CCC(=O)N42)CS1. The van der Waals surface area contributed by atoms with Crippen LogP contribution >= 0.6 is 23.1 Å². The van der Waals surface area contributed by atoms with Crippen LogP contribution in [0, 0.1) is 0 Å². The molecule has 0 spiro atoms. The molecule has 1 N–H and O–H groups in total. The average molecular weight is 459 g/mol. The summed E-state index contributed by atoms with van der Waals surface area (Å²) in [5, 5.41) is 3.09. The summed E-state index contributed by atoms with van der Waals surface area (Å²) >= 11 is 3.42. The smallest absolute Gasteiger partial charge is 0.265 e. The van der Waals surface area contributed by atoms with Gasteiger partial charge in [0.25, 0.3) is 5.91 Å². The van der Waals surface area contributed by atoms with Crippen LogP contribution in [0.2, 0.25) is 0 Å². The molecule has 4 aliphatic rings. The van der Waals surface area contributed by atoms with E-state index in [2.05, 4.69) is 24.1 Å². The van der Waals surface area contributed by atoms with Crippen molar-refractivity contribution in [1.29, 1.82) is 0 Å². The van der Waals surface area contributed by atoms with Crippen LogP contribution in [0.25, 0.3) is 10.2 Å². The predicted octanol–water partition coefficient (Wildman–Crippen LogP) is 3.29. The van der Waals surface area contributed by atoms with Crippen molar-refractivity contribution in [3.63, 3.8) is 0 Å². The van der Waals surface area contributed by atoms with Crippen LogP contribution in [0.15, 0.2) is 0 Å². The fraction of sp³-hybridized carbons (Fsp3) is 0.591. The quantitative estimate of drug-likeness (QED) is 0.707. The monoisotopic (exact) mass is 458 g/mol. The molecule has 0 radical (unpaired) electrons. The minimum absolute atomic E-state index is 0.0615. The minimum Gasteiger partial charge on any atom is -0.378 e. The molecule has 9 heteroatoms.